The Morgan fingerprint density at radius 3 is 2.73 bits per heavy atom. The van der Waals surface area contributed by atoms with E-state index in [1.165, 1.54) is 5.56 Å². The number of pyridine rings is 1. The monoisotopic (exact) mass is 295 g/mol. The average Bonchev–Trinajstić information content (AvgIpc) is 2.97. The summed E-state index contributed by atoms with van der Waals surface area (Å²) < 4.78 is 7.24. The molecule has 2 aromatic heterocycles. The molecule has 1 aromatic carbocycles. The molecule has 22 heavy (non-hydrogen) atoms. The molecule has 1 N–H and O–H groups in total. The van der Waals surface area contributed by atoms with Crippen molar-refractivity contribution < 1.29 is 4.74 Å². The molecule has 3 rings (SSSR count). The lowest BCUT2D eigenvalue weighted by Gasteiger charge is -2.14. The minimum absolute atomic E-state index is 0.308. The van der Waals surface area contributed by atoms with Gasteiger partial charge in [-0.25, -0.2) is 4.98 Å². The minimum Gasteiger partial charge on any atom is -0.497 e. The summed E-state index contributed by atoms with van der Waals surface area (Å²) in [5, 5.41) is 3.54. The Kier molecular flexibility index (Phi) is 4.39. The molecule has 0 radical (unpaired) electrons. The molecule has 114 valence electrons. The first kappa shape index (κ1) is 14.6. The van der Waals surface area contributed by atoms with Crippen molar-refractivity contribution in [1.29, 1.82) is 0 Å². The molecule has 0 aliphatic rings. The quantitative estimate of drug-likeness (QED) is 0.759. The molecule has 0 spiro atoms. The molecule has 3 aromatic rings. The highest BCUT2D eigenvalue weighted by atomic mass is 16.5. The molecule has 4 nitrogen and oxygen atoms in total. The second kappa shape index (κ2) is 6.62. The van der Waals surface area contributed by atoms with Crippen LogP contribution in [0.25, 0.3) is 5.65 Å². The predicted octanol–water partition coefficient (Wildman–Crippen LogP) is 3.24. The normalized spacial score (nSPS) is 12.5. The number of imidazole rings is 1. The van der Waals surface area contributed by atoms with Crippen LogP contribution in [0.1, 0.15) is 24.2 Å². The summed E-state index contributed by atoms with van der Waals surface area (Å²) in [5.74, 6) is 0.889. The third-order valence-electron chi connectivity index (χ3n) is 3.86. The third kappa shape index (κ3) is 3.28. The van der Waals surface area contributed by atoms with E-state index >= 15 is 0 Å². The van der Waals surface area contributed by atoms with Gasteiger partial charge in [-0.05, 0) is 36.8 Å². The Hall–Kier alpha value is -2.33. The van der Waals surface area contributed by atoms with Gasteiger partial charge in [-0.2, -0.15) is 0 Å². The number of nitrogens with zero attached hydrogens (tertiary/aromatic N) is 2. The number of ether oxygens (including phenoxy) is 1. The van der Waals surface area contributed by atoms with Crippen LogP contribution in [0.5, 0.6) is 5.75 Å². The summed E-state index contributed by atoms with van der Waals surface area (Å²) in [4.78, 5) is 4.61. The summed E-state index contributed by atoms with van der Waals surface area (Å²) >= 11 is 0. The highest BCUT2D eigenvalue weighted by Crippen LogP contribution is 2.17. The van der Waals surface area contributed by atoms with Gasteiger partial charge in [0.1, 0.15) is 11.4 Å². The van der Waals surface area contributed by atoms with Crippen LogP contribution in [0.2, 0.25) is 0 Å². The predicted molar refractivity (Wildman–Crippen MR) is 88.3 cm³/mol. The molecule has 0 aliphatic heterocycles. The molecular weight excluding hydrogens is 274 g/mol. The Morgan fingerprint density at radius 2 is 2.00 bits per heavy atom. The minimum atomic E-state index is 0.308. The maximum absolute atomic E-state index is 5.19. The summed E-state index contributed by atoms with van der Waals surface area (Å²) in [6.45, 7) is 3.07. The van der Waals surface area contributed by atoms with Crippen molar-refractivity contribution in [1.82, 2.24) is 14.7 Å². The molecule has 1 atom stereocenters. The van der Waals surface area contributed by atoms with Gasteiger partial charge in [0, 0.05) is 31.4 Å². The molecule has 2 heterocycles. The van der Waals surface area contributed by atoms with E-state index in [1.807, 2.05) is 36.5 Å². The van der Waals surface area contributed by atoms with Gasteiger partial charge in [-0.15, -0.1) is 0 Å². The second-order valence-corrected chi connectivity index (χ2v) is 5.40. The molecule has 0 fully saturated rings. The van der Waals surface area contributed by atoms with E-state index in [-0.39, 0.29) is 0 Å². The van der Waals surface area contributed by atoms with E-state index in [0.29, 0.717) is 6.04 Å². The fourth-order valence-corrected chi connectivity index (χ4v) is 2.53. The van der Waals surface area contributed by atoms with Gasteiger partial charge in [-0.1, -0.05) is 18.2 Å². The van der Waals surface area contributed by atoms with Gasteiger partial charge in [0.2, 0.25) is 0 Å². The maximum Gasteiger partial charge on any atom is 0.136 e. The topological polar surface area (TPSA) is 38.6 Å². The second-order valence-electron chi connectivity index (χ2n) is 5.40. The van der Waals surface area contributed by atoms with E-state index in [4.69, 9.17) is 4.74 Å². The Bertz CT molecular complexity index is 700. The molecule has 0 aliphatic carbocycles. The van der Waals surface area contributed by atoms with Crippen LogP contribution in [0.15, 0.2) is 54.9 Å². The first-order valence-corrected chi connectivity index (χ1v) is 7.56. The SMILES string of the molecule is COc1ccc(C(C)NCCc2cn3ccccc3n2)cc1. The number of fused-ring (bicyclic) bond motifs is 1. The van der Waals surface area contributed by atoms with E-state index in [1.54, 1.807) is 7.11 Å². The van der Waals surface area contributed by atoms with Crippen molar-refractivity contribution in [2.45, 2.75) is 19.4 Å². The van der Waals surface area contributed by atoms with E-state index in [0.717, 1.165) is 30.1 Å². The zero-order valence-electron chi connectivity index (χ0n) is 13.0. The van der Waals surface area contributed by atoms with Crippen LogP contribution in [0.3, 0.4) is 0 Å². The Balaban J connectivity index is 1.55. The third-order valence-corrected chi connectivity index (χ3v) is 3.86. The summed E-state index contributed by atoms with van der Waals surface area (Å²) in [7, 11) is 1.69. The molecule has 0 bridgehead atoms. The van der Waals surface area contributed by atoms with E-state index in [2.05, 4.69) is 40.0 Å². The van der Waals surface area contributed by atoms with E-state index < -0.39 is 0 Å². The zero-order chi connectivity index (χ0) is 15.4. The maximum atomic E-state index is 5.19. The largest absolute Gasteiger partial charge is 0.497 e. The summed E-state index contributed by atoms with van der Waals surface area (Å²) in [6.07, 6.45) is 5.04. The summed E-state index contributed by atoms with van der Waals surface area (Å²) in [5.41, 5.74) is 3.37. The van der Waals surface area contributed by atoms with Gasteiger partial charge >= 0.3 is 0 Å². The van der Waals surface area contributed by atoms with Crippen LogP contribution in [0, 0.1) is 0 Å². The number of nitrogens with one attached hydrogen (secondary N) is 1. The van der Waals surface area contributed by atoms with Crippen LogP contribution >= 0.6 is 0 Å². The van der Waals surface area contributed by atoms with Gasteiger partial charge in [0.15, 0.2) is 0 Å². The van der Waals surface area contributed by atoms with Crippen LogP contribution in [0.4, 0.5) is 0 Å². The first-order chi connectivity index (χ1) is 10.8. The molecule has 0 saturated carbocycles. The van der Waals surface area contributed by atoms with Gasteiger partial charge in [0.25, 0.3) is 0 Å². The Morgan fingerprint density at radius 1 is 1.18 bits per heavy atom. The van der Waals surface area contributed by atoms with Crippen LogP contribution in [-0.4, -0.2) is 23.0 Å². The number of hydrogen-bond donors (Lipinski definition) is 1. The van der Waals surface area contributed by atoms with Crippen LogP contribution in [-0.2, 0) is 6.42 Å². The van der Waals surface area contributed by atoms with Gasteiger partial charge in [0.05, 0.1) is 12.8 Å². The first-order valence-electron chi connectivity index (χ1n) is 7.56. The van der Waals surface area contributed by atoms with Crippen molar-refractivity contribution in [2.24, 2.45) is 0 Å². The number of methoxy groups -OCH3 is 1. The number of benzene rings is 1. The number of hydrogen-bond acceptors (Lipinski definition) is 3. The van der Waals surface area contributed by atoms with Crippen molar-refractivity contribution >= 4 is 5.65 Å². The van der Waals surface area contributed by atoms with Crippen molar-refractivity contribution in [3.05, 3.63) is 66.1 Å². The fraction of sp³-hybridized carbons (Fsp3) is 0.278. The van der Waals surface area contributed by atoms with Gasteiger partial charge < -0.3 is 14.5 Å². The summed E-state index contributed by atoms with van der Waals surface area (Å²) in [6, 6.07) is 14.5. The zero-order valence-corrected chi connectivity index (χ0v) is 13.0. The fourth-order valence-electron chi connectivity index (χ4n) is 2.53. The molecular formula is C18H21N3O. The lowest BCUT2D eigenvalue weighted by molar-refractivity contribution is 0.414. The highest BCUT2D eigenvalue weighted by Gasteiger charge is 2.06. The standard InChI is InChI=1S/C18H21N3O/c1-14(15-6-8-17(22-2)9-7-15)19-11-10-16-13-21-12-4-3-5-18(21)20-16/h3-9,12-14,19H,10-11H2,1-2H3. The van der Waals surface area contributed by atoms with Crippen molar-refractivity contribution in [3.63, 3.8) is 0 Å². The molecule has 0 amide bonds. The molecule has 1 unspecified atom stereocenters. The average molecular weight is 295 g/mol. The lowest BCUT2D eigenvalue weighted by atomic mass is 10.1. The highest BCUT2D eigenvalue weighted by molar-refractivity contribution is 5.39. The molecule has 0 saturated heterocycles. The Labute approximate surface area is 130 Å². The van der Waals surface area contributed by atoms with Gasteiger partial charge in [-0.3, -0.25) is 0 Å². The van der Waals surface area contributed by atoms with Crippen LogP contribution < -0.4 is 10.1 Å². The van der Waals surface area contributed by atoms with E-state index in [9.17, 15) is 0 Å². The van der Waals surface area contributed by atoms with Crippen molar-refractivity contribution in [3.8, 4) is 5.75 Å². The lowest BCUT2D eigenvalue weighted by Crippen LogP contribution is -2.21. The number of aromatic nitrogens is 2. The molecule has 4 heteroatoms. The van der Waals surface area contributed by atoms with Crippen molar-refractivity contribution in [2.75, 3.05) is 13.7 Å². The number of rotatable bonds is 6. The smallest absolute Gasteiger partial charge is 0.136 e.